The molecule has 5 N–H and O–H groups in total. The van der Waals surface area contributed by atoms with E-state index in [1.54, 1.807) is 24.3 Å². The maximum atomic E-state index is 12.2. The number of hydrogen-bond acceptors (Lipinski definition) is 5. The summed E-state index contributed by atoms with van der Waals surface area (Å²) in [5.74, 6) is 3.13. The number of aliphatic hydroxyl groups is 1. The smallest absolute Gasteiger partial charge is 0.335 e. The zero-order valence-electron chi connectivity index (χ0n) is 14.8. The van der Waals surface area contributed by atoms with Gasteiger partial charge < -0.3 is 15.5 Å². The summed E-state index contributed by atoms with van der Waals surface area (Å²) in [5.41, 5.74) is 2.89. The van der Waals surface area contributed by atoms with Crippen molar-refractivity contribution in [3.8, 4) is 11.8 Å². The topological polar surface area (TPSA) is 136 Å². The summed E-state index contributed by atoms with van der Waals surface area (Å²) in [6, 6.07) is 11.1. The molecule has 152 valence electrons. The lowest BCUT2D eigenvalue weighted by molar-refractivity contribution is -0.133. The minimum atomic E-state index is -1.31. The van der Waals surface area contributed by atoms with Gasteiger partial charge in [-0.15, -0.1) is 0 Å². The Morgan fingerprint density at radius 3 is 2.14 bits per heavy atom. The third-order valence-corrected chi connectivity index (χ3v) is 3.77. The Balaban J connectivity index is 0.00000420. The molecule has 0 fully saturated rings. The van der Waals surface area contributed by atoms with Crippen molar-refractivity contribution < 1.29 is 29.8 Å². The molecule has 8 heteroatoms. The maximum Gasteiger partial charge on any atom is 0.335 e. The van der Waals surface area contributed by atoms with E-state index in [1.165, 1.54) is 36.7 Å². The molecule has 2 atom stereocenters. The monoisotopic (exact) mass is 398 g/mol. The number of rotatable bonds is 5. The first kappa shape index (κ1) is 23.4. The summed E-state index contributed by atoms with van der Waals surface area (Å²) in [6.45, 7) is 1.30. The van der Waals surface area contributed by atoms with Crippen molar-refractivity contribution in [2.75, 3.05) is 0 Å². The van der Waals surface area contributed by atoms with Crippen LogP contribution in [-0.2, 0) is 4.79 Å². The van der Waals surface area contributed by atoms with E-state index in [0.29, 0.717) is 11.1 Å². The number of carboxylic acid groups (broad SMARTS) is 1. The van der Waals surface area contributed by atoms with Crippen LogP contribution in [0.3, 0.4) is 0 Å². The number of amides is 2. The third kappa shape index (κ3) is 6.46. The van der Waals surface area contributed by atoms with Gasteiger partial charge in [-0.3, -0.25) is 14.8 Å². The van der Waals surface area contributed by atoms with Crippen LogP contribution < -0.4 is 10.8 Å². The fourth-order valence-corrected chi connectivity index (χ4v) is 2.28. The Morgan fingerprint density at radius 2 is 1.59 bits per heavy atom. The van der Waals surface area contributed by atoms with Gasteiger partial charge in [0.15, 0.2) is 0 Å². The first-order chi connectivity index (χ1) is 13.3. The molecule has 2 aromatic carbocycles. The molecule has 2 amide bonds. The van der Waals surface area contributed by atoms with Crippen LogP contribution in [-0.4, -0.2) is 45.3 Å². The van der Waals surface area contributed by atoms with E-state index < -0.39 is 29.9 Å². The van der Waals surface area contributed by atoms with E-state index >= 15 is 0 Å². The number of carbonyl (C=O) groups is 3. The van der Waals surface area contributed by atoms with Crippen LogP contribution in [0.1, 0.15) is 46.2 Å². The first-order valence-corrected chi connectivity index (χ1v) is 8.20. The Kier molecular flexibility index (Phi) is 8.55. The molecule has 0 radical (unpaired) electrons. The zero-order valence-corrected chi connectivity index (χ0v) is 14.8. The van der Waals surface area contributed by atoms with Gasteiger partial charge in [-0.2, -0.15) is 0 Å². The first-order valence-electron chi connectivity index (χ1n) is 8.20. The van der Waals surface area contributed by atoms with Gasteiger partial charge in [0.25, 0.3) is 11.8 Å². The van der Waals surface area contributed by atoms with Gasteiger partial charge in [0.2, 0.25) is 0 Å². The molecule has 2 aromatic rings. The molecule has 0 saturated carbocycles. The Hall–Kier alpha value is -3.67. The van der Waals surface area contributed by atoms with Gasteiger partial charge >= 0.3 is 5.97 Å². The van der Waals surface area contributed by atoms with Crippen molar-refractivity contribution in [2.45, 2.75) is 26.5 Å². The highest BCUT2D eigenvalue weighted by Crippen LogP contribution is 2.07. The molecule has 2 rings (SSSR count). The highest BCUT2D eigenvalue weighted by molar-refractivity contribution is 5.97. The van der Waals surface area contributed by atoms with Gasteiger partial charge in [-0.1, -0.05) is 25.3 Å². The molecule has 0 spiro atoms. The highest BCUT2D eigenvalue weighted by Gasteiger charge is 2.25. The molecule has 0 bridgehead atoms. The van der Waals surface area contributed by atoms with E-state index in [9.17, 15) is 19.5 Å². The van der Waals surface area contributed by atoms with Gasteiger partial charge in [-0.25, -0.2) is 10.3 Å². The number of nitrogens with one attached hydrogen (secondary N) is 2. The van der Waals surface area contributed by atoms with Crippen molar-refractivity contribution in [1.29, 1.82) is 0 Å². The van der Waals surface area contributed by atoms with Gasteiger partial charge in [-0.05, 0) is 49.4 Å². The average Bonchev–Trinajstić information content (AvgIpc) is 2.70. The Morgan fingerprint density at radius 1 is 0.966 bits per heavy atom. The van der Waals surface area contributed by atoms with Crippen molar-refractivity contribution in [3.05, 3.63) is 70.8 Å². The number of aromatic carboxylic acids is 1. The molecule has 0 aliphatic heterocycles. The van der Waals surface area contributed by atoms with Gasteiger partial charge in [0.1, 0.15) is 6.04 Å². The van der Waals surface area contributed by atoms with E-state index in [-0.39, 0.29) is 18.6 Å². The number of hydrogen-bond donors (Lipinski definition) is 5. The summed E-state index contributed by atoms with van der Waals surface area (Å²) in [5, 5.41) is 29.5. The summed E-state index contributed by atoms with van der Waals surface area (Å²) in [7, 11) is 0. The van der Waals surface area contributed by atoms with E-state index in [0.717, 1.165) is 0 Å². The Labute approximate surface area is 168 Å². The number of carboxylic acids is 1. The fourth-order valence-electron chi connectivity index (χ4n) is 2.28. The molecule has 0 aliphatic carbocycles. The van der Waals surface area contributed by atoms with Crippen LogP contribution in [0.15, 0.2) is 48.5 Å². The lowest BCUT2D eigenvalue weighted by Gasteiger charge is -2.19. The van der Waals surface area contributed by atoms with Crippen LogP contribution in [0, 0.1) is 11.8 Å². The second-order valence-corrected chi connectivity index (χ2v) is 5.88. The van der Waals surface area contributed by atoms with Crippen LogP contribution >= 0.6 is 0 Å². The standard InChI is InChI=1S/C20H18N2O6.CH4/c1-12(23)17(19(25)22-28)21-18(24)15-9-7-13(8-10-15)5-6-14-3-2-4-16(11-14)20(26)27;/h2-4,7-12,17,23,28H,1H3,(H,21,24)(H,22,25)(H,26,27);1H4/t12-,17+;/m1./s1. The van der Waals surface area contributed by atoms with E-state index in [4.69, 9.17) is 10.3 Å². The van der Waals surface area contributed by atoms with Crippen LogP contribution in [0.25, 0.3) is 0 Å². The van der Waals surface area contributed by atoms with Crippen molar-refractivity contribution in [3.63, 3.8) is 0 Å². The summed E-state index contributed by atoms with van der Waals surface area (Å²) in [6.07, 6.45) is -1.21. The van der Waals surface area contributed by atoms with Crippen molar-refractivity contribution in [2.24, 2.45) is 0 Å². The molecular formula is C21H22N2O6. The fraction of sp³-hybridized carbons (Fsp3) is 0.190. The van der Waals surface area contributed by atoms with Gasteiger partial charge in [0, 0.05) is 16.7 Å². The summed E-state index contributed by atoms with van der Waals surface area (Å²) in [4.78, 5) is 34.6. The van der Waals surface area contributed by atoms with Crippen molar-refractivity contribution >= 4 is 17.8 Å². The zero-order chi connectivity index (χ0) is 20.7. The van der Waals surface area contributed by atoms with Crippen LogP contribution in [0.5, 0.6) is 0 Å². The quantitative estimate of drug-likeness (QED) is 0.293. The maximum absolute atomic E-state index is 12.2. The van der Waals surface area contributed by atoms with Crippen molar-refractivity contribution in [1.82, 2.24) is 10.8 Å². The second kappa shape index (κ2) is 10.6. The highest BCUT2D eigenvalue weighted by atomic mass is 16.5. The lowest BCUT2D eigenvalue weighted by Crippen LogP contribution is -2.51. The Bertz CT molecular complexity index is 942. The minimum absolute atomic E-state index is 0. The number of benzene rings is 2. The van der Waals surface area contributed by atoms with E-state index in [1.807, 2.05) is 0 Å². The van der Waals surface area contributed by atoms with E-state index in [2.05, 4.69) is 17.2 Å². The molecule has 0 aliphatic rings. The SMILES string of the molecule is C.C[C@@H](O)[C@H](NC(=O)c1ccc(C#Cc2cccc(C(=O)O)c2)cc1)C(=O)NO. The largest absolute Gasteiger partial charge is 0.478 e. The number of carbonyl (C=O) groups excluding carboxylic acids is 2. The van der Waals surface area contributed by atoms with Crippen LogP contribution in [0.4, 0.5) is 0 Å². The third-order valence-electron chi connectivity index (χ3n) is 3.77. The normalized spacial score (nSPS) is 11.7. The predicted octanol–water partition coefficient (Wildman–Crippen LogP) is 1.41. The number of hydroxylamine groups is 1. The number of aliphatic hydroxyl groups excluding tert-OH is 1. The minimum Gasteiger partial charge on any atom is -0.478 e. The molecule has 0 unspecified atom stereocenters. The molecule has 0 heterocycles. The van der Waals surface area contributed by atoms with Gasteiger partial charge in [0.05, 0.1) is 11.7 Å². The molecule has 8 nitrogen and oxygen atoms in total. The predicted molar refractivity (Wildman–Crippen MR) is 105 cm³/mol. The molecule has 0 saturated heterocycles. The lowest BCUT2D eigenvalue weighted by atomic mass is 10.1. The molecule has 29 heavy (non-hydrogen) atoms. The summed E-state index contributed by atoms with van der Waals surface area (Å²) >= 11 is 0. The summed E-state index contributed by atoms with van der Waals surface area (Å²) < 4.78 is 0. The molecular weight excluding hydrogens is 376 g/mol. The van der Waals surface area contributed by atoms with Crippen LogP contribution in [0.2, 0.25) is 0 Å². The second-order valence-electron chi connectivity index (χ2n) is 5.88. The molecule has 0 aromatic heterocycles. The average molecular weight is 398 g/mol.